The Kier molecular flexibility index (Phi) is 2.65. The summed E-state index contributed by atoms with van der Waals surface area (Å²) in [4.78, 5) is 12.8. The van der Waals surface area contributed by atoms with Crippen LogP contribution in [0.4, 0.5) is 4.79 Å². The van der Waals surface area contributed by atoms with Crippen molar-refractivity contribution in [2.24, 2.45) is 0 Å². The molecule has 0 bridgehead atoms. The smallest absolute Gasteiger partial charge is 0.410 e. The third-order valence-electron chi connectivity index (χ3n) is 2.27. The van der Waals surface area contributed by atoms with Gasteiger partial charge in [-0.3, -0.25) is 0 Å². The van der Waals surface area contributed by atoms with Gasteiger partial charge in [0.25, 0.3) is 0 Å². The SMILES string of the molecule is O=C1OCCN1CC1CNCCO1. The molecule has 5 nitrogen and oxygen atoms in total. The first-order chi connectivity index (χ1) is 6.36. The van der Waals surface area contributed by atoms with E-state index in [1.165, 1.54) is 0 Å². The quantitative estimate of drug-likeness (QED) is 0.627. The molecule has 2 aliphatic rings. The number of rotatable bonds is 2. The average Bonchev–Trinajstić information content (AvgIpc) is 2.54. The zero-order valence-electron chi connectivity index (χ0n) is 7.49. The number of nitrogens with one attached hydrogen (secondary N) is 1. The minimum atomic E-state index is -0.214. The van der Waals surface area contributed by atoms with E-state index in [1.54, 1.807) is 4.90 Å². The van der Waals surface area contributed by atoms with Gasteiger partial charge >= 0.3 is 6.09 Å². The van der Waals surface area contributed by atoms with Crippen molar-refractivity contribution in [2.45, 2.75) is 6.10 Å². The van der Waals surface area contributed by atoms with E-state index in [2.05, 4.69) is 5.32 Å². The fourth-order valence-corrected chi connectivity index (χ4v) is 1.57. The molecule has 2 rings (SSSR count). The van der Waals surface area contributed by atoms with Crippen LogP contribution in [0.1, 0.15) is 0 Å². The number of carbonyl (C=O) groups excluding carboxylic acids is 1. The van der Waals surface area contributed by atoms with Crippen LogP contribution in [0.3, 0.4) is 0 Å². The van der Waals surface area contributed by atoms with Gasteiger partial charge in [-0.2, -0.15) is 0 Å². The van der Waals surface area contributed by atoms with E-state index in [0.717, 1.165) is 19.7 Å². The zero-order valence-corrected chi connectivity index (χ0v) is 7.49. The van der Waals surface area contributed by atoms with Crippen LogP contribution < -0.4 is 5.32 Å². The Morgan fingerprint density at radius 2 is 2.46 bits per heavy atom. The fourth-order valence-electron chi connectivity index (χ4n) is 1.57. The number of hydrogen-bond acceptors (Lipinski definition) is 4. The van der Waals surface area contributed by atoms with Crippen LogP contribution in [0, 0.1) is 0 Å². The van der Waals surface area contributed by atoms with Crippen molar-refractivity contribution < 1.29 is 14.3 Å². The van der Waals surface area contributed by atoms with Crippen LogP contribution >= 0.6 is 0 Å². The number of ether oxygens (including phenoxy) is 2. The average molecular weight is 186 g/mol. The van der Waals surface area contributed by atoms with Crippen molar-refractivity contribution in [3.63, 3.8) is 0 Å². The molecular weight excluding hydrogens is 172 g/mol. The molecule has 1 amide bonds. The van der Waals surface area contributed by atoms with Gasteiger partial charge in [-0.1, -0.05) is 0 Å². The van der Waals surface area contributed by atoms with E-state index in [9.17, 15) is 4.79 Å². The summed E-state index contributed by atoms with van der Waals surface area (Å²) in [6, 6.07) is 0. The maximum atomic E-state index is 11.1. The molecule has 0 aromatic carbocycles. The Morgan fingerprint density at radius 3 is 3.08 bits per heavy atom. The summed E-state index contributed by atoms with van der Waals surface area (Å²) in [6.45, 7) is 4.31. The summed E-state index contributed by atoms with van der Waals surface area (Å²) in [6.07, 6.45) is -0.0893. The first-order valence-electron chi connectivity index (χ1n) is 4.60. The fraction of sp³-hybridized carbons (Fsp3) is 0.875. The second kappa shape index (κ2) is 3.93. The van der Waals surface area contributed by atoms with E-state index in [-0.39, 0.29) is 12.2 Å². The van der Waals surface area contributed by atoms with E-state index < -0.39 is 0 Å². The first kappa shape index (κ1) is 8.77. The minimum Gasteiger partial charge on any atom is -0.448 e. The number of cyclic esters (lactones) is 1. The summed E-state index contributed by atoms with van der Waals surface area (Å²) in [7, 11) is 0. The molecule has 2 heterocycles. The molecule has 1 unspecified atom stereocenters. The Labute approximate surface area is 77.0 Å². The standard InChI is InChI=1S/C8H14N2O3/c11-8-10(2-4-13-8)6-7-5-9-1-3-12-7/h7,9H,1-6H2. The highest BCUT2D eigenvalue weighted by Crippen LogP contribution is 2.06. The molecule has 1 N–H and O–H groups in total. The molecular formula is C8H14N2O3. The minimum absolute atomic E-state index is 0.124. The normalized spacial score (nSPS) is 29.1. The van der Waals surface area contributed by atoms with E-state index in [4.69, 9.17) is 9.47 Å². The number of nitrogens with zero attached hydrogens (tertiary/aromatic N) is 1. The van der Waals surface area contributed by atoms with Crippen molar-refractivity contribution in [2.75, 3.05) is 39.4 Å². The summed E-state index contributed by atoms with van der Waals surface area (Å²) < 4.78 is 10.3. The lowest BCUT2D eigenvalue weighted by Gasteiger charge is -2.26. The predicted molar refractivity (Wildman–Crippen MR) is 45.5 cm³/mol. The van der Waals surface area contributed by atoms with E-state index >= 15 is 0 Å². The lowest BCUT2D eigenvalue weighted by atomic mass is 10.3. The van der Waals surface area contributed by atoms with Crippen molar-refractivity contribution in [3.8, 4) is 0 Å². The van der Waals surface area contributed by atoms with Crippen LogP contribution in [0.2, 0.25) is 0 Å². The molecule has 13 heavy (non-hydrogen) atoms. The second-order valence-corrected chi connectivity index (χ2v) is 3.26. The van der Waals surface area contributed by atoms with Crippen LogP contribution in [-0.2, 0) is 9.47 Å². The molecule has 0 saturated carbocycles. The predicted octanol–water partition coefficient (Wildman–Crippen LogP) is -0.573. The highest BCUT2D eigenvalue weighted by molar-refractivity contribution is 5.69. The maximum Gasteiger partial charge on any atom is 0.410 e. The van der Waals surface area contributed by atoms with Gasteiger partial charge in [0.2, 0.25) is 0 Å². The number of hydrogen-bond donors (Lipinski definition) is 1. The van der Waals surface area contributed by atoms with Gasteiger partial charge in [-0.05, 0) is 0 Å². The highest BCUT2D eigenvalue weighted by atomic mass is 16.6. The van der Waals surface area contributed by atoms with Crippen molar-refractivity contribution in [3.05, 3.63) is 0 Å². The summed E-state index contributed by atoms with van der Waals surface area (Å²) in [5.74, 6) is 0. The largest absolute Gasteiger partial charge is 0.448 e. The first-order valence-corrected chi connectivity index (χ1v) is 4.60. The number of carbonyl (C=O) groups is 1. The Bertz CT molecular complexity index is 192. The zero-order chi connectivity index (χ0) is 9.10. The molecule has 5 heteroatoms. The van der Waals surface area contributed by atoms with Gasteiger partial charge in [0.05, 0.1) is 25.8 Å². The summed E-state index contributed by atoms with van der Waals surface area (Å²) >= 11 is 0. The monoisotopic (exact) mass is 186 g/mol. The van der Waals surface area contributed by atoms with Gasteiger partial charge < -0.3 is 19.7 Å². The molecule has 0 aromatic rings. The number of morpholine rings is 1. The summed E-state index contributed by atoms with van der Waals surface area (Å²) in [5, 5.41) is 3.22. The van der Waals surface area contributed by atoms with E-state index in [1.807, 2.05) is 0 Å². The second-order valence-electron chi connectivity index (χ2n) is 3.26. The Hall–Kier alpha value is -0.810. The number of amides is 1. The lowest BCUT2D eigenvalue weighted by Crippen LogP contribution is -2.45. The van der Waals surface area contributed by atoms with Crippen LogP contribution in [-0.4, -0.2) is 56.5 Å². The molecule has 0 radical (unpaired) electrons. The molecule has 2 aliphatic heterocycles. The highest BCUT2D eigenvalue weighted by Gasteiger charge is 2.26. The molecule has 2 saturated heterocycles. The van der Waals surface area contributed by atoms with Gasteiger partial charge in [0, 0.05) is 13.1 Å². The van der Waals surface area contributed by atoms with E-state index in [0.29, 0.717) is 19.7 Å². The van der Waals surface area contributed by atoms with Crippen molar-refractivity contribution >= 4 is 6.09 Å². The lowest BCUT2D eigenvalue weighted by molar-refractivity contribution is 0.0137. The van der Waals surface area contributed by atoms with Crippen molar-refractivity contribution in [1.29, 1.82) is 0 Å². The molecule has 0 spiro atoms. The topological polar surface area (TPSA) is 50.8 Å². The third kappa shape index (κ3) is 2.10. The van der Waals surface area contributed by atoms with Crippen LogP contribution in [0.15, 0.2) is 0 Å². The third-order valence-corrected chi connectivity index (χ3v) is 2.27. The van der Waals surface area contributed by atoms with Crippen molar-refractivity contribution in [1.82, 2.24) is 10.2 Å². The van der Waals surface area contributed by atoms with Crippen LogP contribution in [0.25, 0.3) is 0 Å². The Morgan fingerprint density at radius 1 is 1.54 bits per heavy atom. The molecule has 0 aromatic heterocycles. The van der Waals surface area contributed by atoms with Gasteiger partial charge in [0.15, 0.2) is 0 Å². The molecule has 74 valence electrons. The van der Waals surface area contributed by atoms with Crippen LogP contribution in [0.5, 0.6) is 0 Å². The molecule has 1 atom stereocenters. The van der Waals surface area contributed by atoms with Gasteiger partial charge in [-0.25, -0.2) is 4.79 Å². The summed E-state index contributed by atoms with van der Waals surface area (Å²) in [5.41, 5.74) is 0. The Balaban J connectivity index is 1.79. The maximum absolute atomic E-state index is 11.1. The molecule has 2 fully saturated rings. The molecule has 0 aliphatic carbocycles. The van der Waals surface area contributed by atoms with Gasteiger partial charge in [-0.15, -0.1) is 0 Å². The van der Waals surface area contributed by atoms with Gasteiger partial charge in [0.1, 0.15) is 6.61 Å².